The summed E-state index contributed by atoms with van der Waals surface area (Å²) < 4.78 is 6.67. The Kier molecular flexibility index (Phi) is 6.33. The molecule has 2 N–H and O–H groups in total. The van der Waals surface area contributed by atoms with Crippen molar-refractivity contribution >= 4 is 39.9 Å². The van der Waals surface area contributed by atoms with Gasteiger partial charge in [0.2, 0.25) is 0 Å². The number of amides is 3. The number of urea groups is 1. The minimum atomic E-state index is -0.986. The number of carbonyl (C=O) groups excluding carboxylic acids is 2. The molecular formula is C21H19BrN2O5. The summed E-state index contributed by atoms with van der Waals surface area (Å²) in [6.45, 7) is 2.47. The summed E-state index contributed by atoms with van der Waals surface area (Å²) in [6, 6.07) is 11.3. The fourth-order valence-corrected chi connectivity index (χ4v) is 3.20. The van der Waals surface area contributed by atoms with E-state index >= 15 is 0 Å². The first kappa shape index (κ1) is 20.6. The van der Waals surface area contributed by atoms with Crippen molar-refractivity contribution in [3.8, 4) is 5.75 Å². The number of benzene rings is 2. The monoisotopic (exact) mass is 458 g/mol. The van der Waals surface area contributed by atoms with Gasteiger partial charge in [0.25, 0.3) is 5.91 Å². The Morgan fingerprint density at radius 2 is 1.93 bits per heavy atom. The van der Waals surface area contributed by atoms with E-state index in [0.29, 0.717) is 24.3 Å². The molecule has 1 aliphatic rings. The van der Waals surface area contributed by atoms with Gasteiger partial charge in [0.1, 0.15) is 18.1 Å². The van der Waals surface area contributed by atoms with E-state index in [9.17, 15) is 14.4 Å². The van der Waals surface area contributed by atoms with E-state index in [0.717, 1.165) is 10.0 Å². The Labute approximate surface area is 176 Å². The first-order valence-corrected chi connectivity index (χ1v) is 9.77. The molecule has 2 aromatic rings. The van der Waals surface area contributed by atoms with Crippen molar-refractivity contribution in [2.75, 3.05) is 6.54 Å². The highest BCUT2D eigenvalue weighted by atomic mass is 79.9. The minimum Gasteiger partial charge on any atom is -0.488 e. The largest absolute Gasteiger partial charge is 0.488 e. The van der Waals surface area contributed by atoms with E-state index < -0.39 is 12.0 Å². The second kappa shape index (κ2) is 8.91. The highest BCUT2D eigenvalue weighted by Gasteiger charge is 2.32. The second-order valence-corrected chi connectivity index (χ2v) is 7.33. The lowest BCUT2D eigenvalue weighted by Crippen LogP contribution is -2.31. The van der Waals surface area contributed by atoms with E-state index in [4.69, 9.17) is 9.84 Å². The number of carboxylic acid groups (broad SMARTS) is 1. The van der Waals surface area contributed by atoms with Gasteiger partial charge in [-0.2, -0.15) is 0 Å². The normalized spacial score (nSPS) is 15.0. The molecule has 0 saturated carbocycles. The first-order valence-electron chi connectivity index (χ1n) is 8.98. The van der Waals surface area contributed by atoms with Crippen molar-refractivity contribution in [1.29, 1.82) is 0 Å². The molecule has 0 aliphatic carbocycles. The van der Waals surface area contributed by atoms with Crippen LogP contribution in [0.25, 0.3) is 6.08 Å². The summed E-state index contributed by atoms with van der Waals surface area (Å²) in [5, 5.41) is 11.6. The van der Waals surface area contributed by atoms with Crippen LogP contribution in [0.3, 0.4) is 0 Å². The maximum Gasteiger partial charge on any atom is 0.335 e. The zero-order chi connectivity index (χ0) is 21.0. The fourth-order valence-electron chi connectivity index (χ4n) is 2.82. The zero-order valence-electron chi connectivity index (χ0n) is 15.6. The van der Waals surface area contributed by atoms with Crippen molar-refractivity contribution in [2.45, 2.75) is 20.0 Å². The number of imide groups is 1. The molecule has 0 bridgehead atoms. The van der Waals surface area contributed by atoms with Crippen LogP contribution in [0.15, 0.2) is 52.6 Å². The van der Waals surface area contributed by atoms with Crippen LogP contribution in [0.1, 0.15) is 34.8 Å². The number of nitrogens with one attached hydrogen (secondary N) is 1. The Morgan fingerprint density at radius 1 is 1.21 bits per heavy atom. The maximum absolute atomic E-state index is 12.4. The van der Waals surface area contributed by atoms with Gasteiger partial charge in [0.05, 0.1) is 5.56 Å². The second-order valence-electron chi connectivity index (χ2n) is 6.42. The molecule has 0 radical (unpaired) electrons. The lowest BCUT2D eigenvalue weighted by molar-refractivity contribution is -0.122. The van der Waals surface area contributed by atoms with Crippen LogP contribution >= 0.6 is 15.9 Å². The molecule has 1 heterocycles. The number of halogens is 1. The Bertz CT molecular complexity index is 985. The lowest BCUT2D eigenvalue weighted by atomic mass is 10.1. The van der Waals surface area contributed by atoms with E-state index in [2.05, 4.69) is 21.2 Å². The van der Waals surface area contributed by atoms with Crippen LogP contribution in [0.2, 0.25) is 0 Å². The fraction of sp³-hybridized carbons (Fsp3) is 0.190. The third-order valence-corrected chi connectivity index (χ3v) is 4.77. The Morgan fingerprint density at radius 3 is 2.59 bits per heavy atom. The molecule has 2 aromatic carbocycles. The summed E-state index contributed by atoms with van der Waals surface area (Å²) in [4.78, 5) is 36.5. The van der Waals surface area contributed by atoms with E-state index in [1.807, 2.05) is 13.0 Å². The summed E-state index contributed by atoms with van der Waals surface area (Å²) in [6.07, 6.45) is 2.27. The maximum atomic E-state index is 12.4. The highest BCUT2D eigenvalue weighted by Crippen LogP contribution is 2.27. The Balaban J connectivity index is 1.80. The van der Waals surface area contributed by atoms with Crippen molar-refractivity contribution in [3.05, 3.63) is 69.3 Å². The van der Waals surface area contributed by atoms with Crippen LogP contribution in [-0.2, 0) is 11.4 Å². The van der Waals surface area contributed by atoms with Gasteiger partial charge in [0.15, 0.2) is 0 Å². The molecule has 1 aliphatic heterocycles. The van der Waals surface area contributed by atoms with Crippen LogP contribution in [0.5, 0.6) is 5.75 Å². The van der Waals surface area contributed by atoms with Crippen LogP contribution in [-0.4, -0.2) is 34.5 Å². The molecule has 7 nitrogen and oxygen atoms in total. The molecule has 3 rings (SSSR count). The van der Waals surface area contributed by atoms with Gasteiger partial charge in [0, 0.05) is 16.6 Å². The minimum absolute atomic E-state index is 0.192. The summed E-state index contributed by atoms with van der Waals surface area (Å²) in [7, 11) is 0. The smallest absolute Gasteiger partial charge is 0.335 e. The summed E-state index contributed by atoms with van der Waals surface area (Å²) in [5.74, 6) is -0.828. The molecule has 8 heteroatoms. The Hall–Kier alpha value is -3.13. The predicted octanol–water partition coefficient (Wildman–Crippen LogP) is 4.03. The van der Waals surface area contributed by atoms with E-state index in [1.54, 1.807) is 30.3 Å². The number of hydrogen-bond acceptors (Lipinski definition) is 4. The van der Waals surface area contributed by atoms with Crippen molar-refractivity contribution in [3.63, 3.8) is 0 Å². The van der Waals surface area contributed by atoms with Gasteiger partial charge in [-0.3, -0.25) is 9.69 Å². The summed E-state index contributed by atoms with van der Waals surface area (Å²) in [5.41, 5.74) is 1.83. The average molecular weight is 459 g/mol. The number of ether oxygens (including phenoxy) is 1. The number of carbonyl (C=O) groups is 3. The third-order valence-electron chi connectivity index (χ3n) is 4.28. The molecule has 0 unspecified atom stereocenters. The molecule has 29 heavy (non-hydrogen) atoms. The van der Waals surface area contributed by atoms with Crippen LogP contribution in [0.4, 0.5) is 4.79 Å². The van der Waals surface area contributed by atoms with E-state index in [1.165, 1.54) is 17.0 Å². The molecular weight excluding hydrogens is 440 g/mol. The zero-order valence-corrected chi connectivity index (χ0v) is 17.2. The predicted molar refractivity (Wildman–Crippen MR) is 110 cm³/mol. The van der Waals surface area contributed by atoms with Crippen molar-refractivity contribution in [1.82, 2.24) is 10.2 Å². The SMILES string of the molecule is CCCN1C(=O)N/C(=C/c2cc(Br)ccc2OCc2ccc(C(=O)O)cc2)C1=O. The average Bonchev–Trinajstić information content (AvgIpc) is 2.95. The molecule has 0 spiro atoms. The quantitative estimate of drug-likeness (QED) is 0.482. The topological polar surface area (TPSA) is 95.9 Å². The number of carboxylic acids is 1. The molecule has 1 fully saturated rings. The number of aromatic carboxylic acids is 1. The lowest BCUT2D eigenvalue weighted by Gasteiger charge is -2.11. The van der Waals surface area contributed by atoms with Crippen LogP contribution < -0.4 is 10.1 Å². The van der Waals surface area contributed by atoms with Gasteiger partial charge in [-0.1, -0.05) is 35.0 Å². The van der Waals surface area contributed by atoms with Crippen molar-refractivity contribution < 1.29 is 24.2 Å². The van der Waals surface area contributed by atoms with Crippen molar-refractivity contribution in [2.24, 2.45) is 0 Å². The number of nitrogens with zero attached hydrogens (tertiary/aromatic N) is 1. The standard InChI is InChI=1S/C21H19BrN2O5/c1-2-9-24-19(25)17(23-21(24)28)11-15-10-16(22)7-8-18(15)29-12-13-3-5-14(6-4-13)20(26)27/h3-8,10-11H,2,9,12H2,1H3,(H,23,28)(H,26,27)/b17-11+. The first-order chi connectivity index (χ1) is 13.9. The molecule has 150 valence electrons. The van der Waals surface area contributed by atoms with Gasteiger partial charge in [-0.05, 0) is 48.4 Å². The molecule has 1 saturated heterocycles. The van der Waals surface area contributed by atoms with E-state index in [-0.39, 0.29) is 23.8 Å². The van der Waals surface area contributed by atoms with Crippen LogP contribution in [0, 0.1) is 0 Å². The van der Waals surface area contributed by atoms with Gasteiger partial charge in [-0.15, -0.1) is 0 Å². The van der Waals surface area contributed by atoms with Gasteiger partial charge >= 0.3 is 12.0 Å². The molecule has 0 atom stereocenters. The number of hydrogen-bond donors (Lipinski definition) is 2. The molecule has 0 aromatic heterocycles. The van der Waals surface area contributed by atoms with Gasteiger partial charge < -0.3 is 15.2 Å². The molecule has 3 amide bonds. The third kappa shape index (κ3) is 4.83. The van der Waals surface area contributed by atoms with Gasteiger partial charge in [-0.25, -0.2) is 9.59 Å². The number of rotatable bonds is 7. The highest BCUT2D eigenvalue weighted by molar-refractivity contribution is 9.10. The summed E-state index contributed by atoms with van der Waals surface area (Å²) >= 11 is 3.40.